The number of ether oxygens (including phenoxy) is 2. The third-order valence-electron chi connectivity index (χ3n) is 4.23. The van der Waals surface area contributed by atoms with Gasteiger partial charge in [0.25, 0.3) is 6.47 Å². The zero-order valence-corrected chi connectivity index (χ0v) is 19.1. The number of thiazole rings is 1. The van der Waals surface area contributed by atoms with Crippen molar-refractivity contribution in [1.82, 2.24) is 10.3 Å². The summed E-state index contributed by atoms with van der Waals surface area (Å²) in [5.74, 6) is 0.841. The van der Waals surface area contributed by atoms with E-state index in [4.69, 9.17) is 4.74 Å². The summed E-state index contributed by atoms with van der Waals surface area (Å²) >= 11 is 3.24. The molecule has 2 aromatic rings. The molecule has 1 aliphatic heterocycles. The number of rotatable bonds is 6. The predicted octanol–water partition coefficient (Wildman–Crippen LogP) is 3.97. The first-order valence-corrected chi connectivity index (χ1v) is 11.6. The van der Waals surface area contributed by atoms with Gasteiger partial charge in [0.1, 0.15) is 28.6 Å². The maximum atomic E-state index is 10.7. The lowest BCUT2D eigenvalue weighted by atomic mass is 9.93. The van der Waals surface area contributed by atoms with Crippen molar-refractivity contribution in [3.8, 4) is 5.75 Å². The van der Waals surface area contributed by atoms with Gasteiger partial charge in [-0.25, -0.2) is 4.98 Å². The van der Waals surface area contributed by atoms with E-state index in [2.05, 4.69) is 21.3 Å². The molecular formula is C21H30N2O4S2. The number of nitrogens with one attached hydrogen (secondary N) is 1. The number of piperidine rings is 1. The third-order valence-corrected chi connectivity index (χ3v) is 6.06. The largest absolute Gasteiger partial charge is 0.487 e. The first-order valence-electron chi connectivity index (χ1n) is 9.52. The Morgan fingerprint density at radius 3 is 2.45 bits per heavy atom. The van der Waals surface area contributed by atoms with Gasteiger partial charge in [-0.2, -0.15) is 0 Å². The van der Waals surface area contributed by atoms with Crippen LogP contribution < -0.4 is 10.1 Å². The minimum absolute atomic E-state index is 0.318. The highest BCUT2D eigenvalue weighted by Gasteiger charge is 2.34. The number of aromatic nitrogens is 1. The monoisotopic (exact) mass is 438 g/mol. The van der Waals surface area contributed by atoms with Gasteiger partial charge in [-0.3, -0.25) is 4.79 Å². The molecule has 2 heterocycles. The molecule has 3 rings (SSSR count). The number of hydrogen-bond acceptors (Lipinski definition) is 8. The Balaban J connectivity index is 0.000000370. The van der Waals surface area contributed by atoms with Crippen molar-refractivity contribution < 1.29 is 19.4 Å². The zero-order chi connectivity index (χ0) is 21.3. The normalized spacial score (nSPS) is 15.8. The number of benzene rings is 1. The molecule has 0 spiro atoms. The molecule has 1 saturated heterocycles. The van der Waals surface area contributed by atoms with Crippen LogP contribution in [-0.4, -0.2) is 41.5 Å². The summed E-state index contributed by atoms with van der Waals surface area (Å²) < 4.78 is 10.3. The number of thioether (sulfide) groups is 1. The molecular weight excluding hydrogens is 408 g/mol. The van der Waals surface area contributed by atoms with E-state index in [1.165, 1.54) is 16.2 Å². The van der Waals surface area contributed by atoms with E-state index >= 15 is 0 Å². The van der Waals surface area contributed by atoms with Gasteiger partial charge in [-0.05, 0) is 77.2 Å². The molecule has 1 aliphatic rings. The SMILES string of the molecule is CC(C)(C)OC=O.CSc1ccc(OCc2csc(C3(O)CCNCC3)n2)cc1. The summed E-state index contributed by atoms with van der Waals surface area (Å²) in [5, 5.41) is 16.7. The summed E-state index contributed by atoms with van der Waals surface area (Å²) in [6.45, 7) is 8.03. The number of nitrogens with zero attached hydrogens (tertiary/aromatic N) is 1. The molecule has 1 aromatic heterocycles. The summed E-state index contributed by atoms with van der Waals surface area (Å²) in [5.41, 5.74) is -0.212. The third kappa shape index (κ3) is 7.97. The smallest absolute Gasteiger partial charge is 0.293 e. The molecule has 0 amide bonds. The Hall–Kier alpha value is -1.61. The van der Waals surface area contributed by atoms with Gasteiger partial charge in [0.15, 0.2) is 0 Å². The van der Waals surface area contributed by atoms with Gasteiger partial charge < -0.3 is 19.9 Å². The molecule has 29 heavy (non-hydrogen) atoms. The molecule has 1 aromatic carbocycles. The number of carbonyl (C=O) groups is 1. The van der Waals surface area contributed by atoms with Gasteiger partial charge in [0.2, 0.25) is 0 Å². The summed E-state index contributed by atoms with van der Waals surface area (Å²) in [6.07, 6.45) is 3.49. The molecule has 8 heteroatoms. The lowest BCUT2D eigenvalue weighted by Gasteiger charge is -2.30. The van der Waals surface area contributed by atoms with E-state index in [1.54, 1.807) is 11.8 Å². The van der Waals surface area contributed by atoms with Crippen LogP contribution in [0, 0.1) is 0 Å². The fourth-order valence-corrected chi connectivity index (χ4v) is 3.98. The minimum atomic E-state index is -0.770. The molecule has 0 unspecified atom stereocenters. The molecule has 160 valence electrons. The second-order valence-electron chi connectivity index (χ2n) is 7.72. The summed E-state index contributed by atoms with van der Waals surface area (Å²) in [4.78, 5) is 15.4. The number of carbonyl (C=O) groups excluding carboxylic acids is 1. The lowest BCUT2D eigenvalue weighted by Crippen LogP contribution is -2.39. The Morgan fingerprint density at radius 2 is 1.93 bits per heavy atom. The summed E-state index contributed by atoms with van der Waals surface area (Å²) in [7, 11) is 0. The minimum Gasteiger partial charge on any atom is -0.487 e. The van der Waals surface area contributed by atoms with Crippen molar-refractivity contribution in [2.75, 3.05) is 19.3 Å². The van der Waals surface area contributed by atoms with Gasteiger partial charge in [-0.1, -0.05) is 0 Å². The molecule has 0 atom stereocenters. The van der Waals surface area contributed by atoms with Gasteiger partial charge in [-0.15, -0.1) is 23.1 Å². The predicted molar refractivity (Wildman–Crippen MR) is 118 cm³/mol. The average molecular weight is 439 g/mol. The Kier molecular flexibility index (Phi) is 8.95. The van der Waals surface area contributed by atoms with Gasteiger partial charge in [0.05, 0.1) is 5.69 Å². The second-order valence-corrected chi connectivity index (χ2v) is 9.45. The maximum Gasteiger partial charge on any atom is 0.293 e. The van der Waals surface area contributed by atoms with Crippen molar-refractivity contribution in [2.45, 2.75) is 56.3 Å². The highest BCUT2D eigenvalue weighted by molar-refractivity contribution is 7.98. The Bertz CT molecular complexity index is 751. The van der Waals surface area contributed by atoms with Gasteiger partial charge in [0, 0.05) is 10.3 Å². The molecule has 0 aliphatic carbocycles. The highest BCUT2D eigenvalue weighted by Crippen LogP contribution is 2.32. The van der Waals surface area contributed by atoms with E-state index in [0.29, 0.717) is 13.1 Å². The fraction of sp³-hybridized carbons (Fsp3) is 0.524. The molecule has 2 N–H and O–H groups in total. The van der Waals surface area contributed by atoms with Crippen LogP contribution in [0.1, 0.15) is 44.3 Å². The molecule has 0 saturated carbocycles. The van der Waals surface area contributed by atoms with Gasteiger partial charge >= 0.3 is 0 Å². The average Bonchev–Trinajstić information content (AvgIpc) is 3.17. The molecule has 0 bridgehead atoms. The number of hydrogen-bond donors (Lipinski definition) is 2. The van der Waals surface area contributed by atoms with Crippen LogP contribution in [0.3, 0.4) is 0 Å². The van der Waals surface area contributed by atoms with Crippen molar-refractivity contribution in [3.63, 3.8) is 0 Å². The van der Waals surface area contributed by atoms with Crippen LogP contribution in [0.4, 0.5) is 0 Å². The van der Waals surface area contributed by atoms with Crippen LogP contribution in [0.5, 0.6) is 5.75 Å². The van der Waals surface area contributed by atoms with Crippen LogP contribution in [-0.2, 0) is 21.7 Å². The first kappa shape index (κ1) is 23.7. The zero-order valence-electron chi connectivity index (χ0n) is 17.4. The van der Waals surface area contributed by atoms with Crippen molar-refractivity contribution in [2.24, 2.45) is 0 Å². The van der Waals surface area contributed by atoms with E-state index in [-0.39, 0.29) is 5.60 Å². The lowest BCUT2D eigenvalue weighted by molar-refractivity contribution is -0.138. The van der Waals surface area contributed by atoms with E-state index < -0.39 is 5.60 Å². The van der Waals surface area contributed by atoms with Crippen LogP contribution in [0.15, 0.2) is 34.5 Å². The van der Waals surface area contributed by atoms with E-state index in [0.717, 1.165) is 42.4 Å². The molecule has 1 fully saturated rings. The van der Waals surface area contributed by atoms with Crippen LogP contribution in [0.2, 0.25) is 0 Å². The Labute approximate surface area is 181 Å². The highest BCUT2D eigenvalue weighted by atomic mass is 32.2. The number of aliphatic hydroxyl groups is 1. The maximum absolute atomic E-state index is 10.7. The second kappa shape index (κ2) is 11.0. The quantitative estimate of drug-likeness (QED) is 0.522. The first-order chi connectivity index (χ1) is 13.8. The van der Waals surface area contributed by atoms with Crippen molar-refractivity contribution in [1.29, 1.82) is 0 Å². The van der Waals surface area contributed by atoms with E-state index in [1.807, 2.05) is 50.4 Å². The molecule has 6 nitrogen and oxygen atoms in total. The van der Waals surface area contributed by atoms with Crippen molar-refractivity contribution >= 4 is 29.6 Å². The Morgan fingerprint density at radius 1 is 1.28 bits per heavy atom. The van der Waals surface area contributed by atoms with Crippen LogP contribution in [0.25, 0.3) is 0 Å². The fourth-order valence-electron chi connectivity index (χ4n) is 2.61. The summed E-state index contributed by atoms with van der Waals surface area (Å²) in [6, 6.07) is 8.04. The topological polar surface area (TPSA) is 80.7 Å². The standard InChI is InChI=1S/C16H20N2O2S2.C5H10O2/c1-21-14-4-2-13(3-5-14)20-10-12-11-22-15(18-12)16(19)6-8-17-9-7-16;1-5(2,3)7-4-6/h2-5,11,17,19H,6-10H2,1H3;4H,1-3H3. The van der Waals surface area contributed by atoms with E-state index in [9.17, 15) is 9.90 Å². The van der Waals surface area contributed by atoms with Crippen LogP contribution >= 0.6 is 23.1 Å². The molecule has 0 radical (unpaired) electrons. The van der Waals surface area contributed by atoms with Crippen molar-refractivity contribution in [3.05, 3.63) is 40.3 Å².